The Morgan fingerprint density at radius 3 is 2.85 bits per heavy atom. The maximum atomic E-state index is 11.8. The number of aromatic nitrogens is 3. The summed E-state index contributed by atoms with van der Waals surface area (Å²) in [5.74, 6) is 0.0765. The minimum atomic E-state index is -0.391. The van der Waals surface area contributed by atoms with Gasteiger partial charge in [-0.2, -0.15) is 0 Å². The van der Waals surface area contributed by atoms with Crippen LogP contribution in [0.15, 0.2) is 30.5 Å². The molecule has 26 heavy (non-hydrogen) atoms. The number of nitrogens with zero attached hydrogens (tertiary/aromatic N) is 3. The average molecular weight is 373 g/mol. The summed E-state index contributed by atoms with van der Waals surface area (Å²) in [6.45, 7) is 2.32. The molecular formula is C17H15ClN5O3-. The molecule has 0 spiro atoms. The SMILES string of the molecule is CCNC(=O)Nc1ccc2ncc(-c3cc(Cl)c([O-])c(OC)c3)nc2n1. The van der Waals surface area contributed by atoms with Crippen LogP contribution in [0.25, 0.3) is 22.4 Å². The number of anilines is 1. The normalized spacial score (nSPS) is 10.6. The summed E-state index contributed by atoms with van der Waals surface area (Å²) in [5, 5.41) is 17.1. The molecule has 0 radical (unpaired) electrons. The Kier molecular flexibility index (Phi) is 5.04. The Labute approximate surface area is 154 Å². The van der Waals surface area contributed by atoms with Crippen LogP contribution in [0.2, 0.25) is 5.02 Å². The number of rotatable bonds is 4. The lowest BCUT2D eigenvalue weighted by Crippen LogP contribution is -2.28. The van der Waals surface area contributed by atoms with Crippen LogP contribution in [0.4, 0.5) is 10.6 Å². The third-order valence-corrected chi connectivity index (χ3v) is 3.79. The molecule has 0 bridgehead atoms. The van der Waals surface area contributed by atoms with Gasteiger partial charge in [0.25, 0.3) is 0 Å². The number of halogens is 1. The van der Waals surface area contributed by atoms with Crippen LogP contribution in [0.1, 0.15) is 6.92 Å². The van der Waals surface area contributed by atoms with Gasteiger partial charge in [-0.15, -0.1) is 0 Å². The molecule has 2 N–H and O–H groups in total. The second kappa shape index (κ2) is 7.40. The van der Waals surface area contributed by atoms with E-state index in [-0.39, 0.29) is 16.8 Å². The zero-order chi connectivity index (χ0) is 18.7. The van der Waals surface area contributed by atoms with Gasteiger partial charge in [0.05, 0.1) is 19.0 Å². The number of urea groups is 1. The largest absolute Gasteiger partial charge is 0.869 e. The molecule has 0 atom stereocenters. The fraction of sp³-hybridized carbons (Fsp3) is 0.176. The molecule has 0 aliphatic heterocycles. The lowest BCUT2D eigenvalue weighted by atomic mass is 10.1. The van der Waals surface area contributed by atoms with Crippen molar-refractivity contribution >= 4 is 34.6 Å². The minimum absolute atomic E-state index is 0.0286. The Hall–Kier alpha value is -3.13. The van der Waals surface area contributed by atoms with Crippen molar-refractivity contribution < 1.29 is 14.6 Å². The predicted molar refractivity (Wildman–Crippen MR) is 96.5 cm³/mol. The van der Waals surface area contributed by atoms with Crippen LogP contribution in [0, 0.1) is 0 Å². The van der Waals surface area contributed by atoms with Crippen molar-refractivity contribution in [2.75, 3.05) is 19.0 Å². The summed E-state index contributed by atoms with van der Waals surface area (Å²) in [5.41, 5.74) is 1.96. The molecule has 3 aromatic rings. The van der Waals surface area contributed by atoms with Crippen molar-refractivity contribution in [2.45, 2.75) is 6.92 Å². The zero-order valence-electron chi connectivity index (χ0n) is 14.0. The molecule has 2 heterocycles. The molecule has 1 aromatic carbocycles. The molecule has 134 valence electrons. The van der Waals surface area contributed by atoms with Gasteiger partial charge in [-0.1, -0.05) is 11.6 Å². The maximum absolute atomic E-state index is 11.8. The molecule has 0 aliphatic carbocycles. The smallest absolute Gasteiger partial charge is 0.320 e. The van der Waals surface area contributed by atoms with Gasteiger partial charge >= 0.3 is 6.03 Å². The van der Waals surface area contributed by atoms with Gasteiger partial charge in [0, 0.05) is 17.1 Å². The molecule has 0 unspecified atom stereocenters. The van der Waals surface area contributed by atoms with Crippen LogP contribution in [0.3, 0.4) is 0 Å². The number of hydrogen-bond donors (Lipinski definition) is 2. The number of carbonyl (C=O) groups excluding carboxylic acids is 1. The highest BCUT2D eigenvalue weighted by Gasteiger charge is 2.10. The highest BCUT2D eigenvalue weighted by Crippen LogP contribution is 2.36. The second-order valence-electron chi connectivity index (χ2n) is 5.27. The summed E-state index contributed by atoms with van der Waals surface area (Å²) >= 11 is 5.97. The summed E-state index contributed by atoms with van der Waals surface area (Å²) in [7, 11) is 1.39. The molecular weight excluding hydrogens is 358 g/mol. The summed E-state index contributed by atoms with van der Waals surface area (Å²) < 4.78 is 5.05. The first-order valence-corrected chi connectivity index (χ1v) is 8.13. The molecule has 9 heteroatoms. The Morgan fingerprint density at radius 2 is 2.12 bits per heavy atom. The van der Waals surface area contributed by atoms with Crippen LogP contribution in [0.5, 0.6) is 11.5 Å². The van der Waals surface area contributed by atoms with Crippen molar-refractivity contribution in [3.05, 3.63) is 35.5 Å². The van der Waals surface area contributed by atoms with E-state index in [1.807, 2.05) is 6.92 Å². The van der Waals surface area contributed by atoms with E-state index >= 15 is 0 Å². The molecule has 0 fully saturated rings. The molecule has 2 amide bonds. The lowest BCUT2D eigenvalue weighted by molar-refractivity contribution is -0.269. The fourth-order valence-electron chi connectivity index (χ4n) is 2.30. The number of ether oxygens (including phenoxy) is 1. The van der Waals surface area contributed by atoms with Gasteiger partial charge in [-0.3, -0.25) is 10.3 Å². The van der Waals surface area contributed by atoms with Gasteiger partial charge in [0.1, 0.15) is 17.1 Å². The second-order valence-corrected chi connectivity index (χ2v) is 5.68. The summed E-state index contributed by atoms with van der Waals surface area (Å²) in [6, 6.07) is 6.03. The van der Waals surface area contributed by atoms with Gasteiger partial charge in [0.2, 0.25) is 0 Å². The quantitative estimate of drug-likeness (QED) is 0.727. The first-order valence-electron chi connectivity index (χ1n) is 7.75. The Morgan fingerprint density at radius 1 is 1.31 bits per heavy atom. The Bertz CT molecular complexity index is 980. The van der Waals surface area contributed by atoms with E-state index in [0.717, 1.165) is 0 Å². The van der Waals surface area contributed by atoms with E-state index in [0.29, 0.717) is 34.8 Å². The van der Waals surface area contributed by atoms with E-state index in [9.17, 15) is 9.90 Å². The number of carbonyl (C=O) groups is 1. The first-order chi connectivity index (χ1) is 12.5. The average Bonchev–Trinajstić information content (AvgIpc) is 2.63. The minimum Gasteiger partial charge on any atom is -0.869 e. The van der Waals surface area contributed by atoms with E-state index in [2.05, 4.69) is 25.6 Å². The number of amides is 2. The topological polar surface area (TPSA) is 112 Å². The fourth-order valence-corrected chi connectivity index (χ4v) is 2.51. The van der Waals surface area contributed by atoms with Crippen LogP contribution in [-0.2, 0) is 0 Å². The van der Waals surface area contributed by atoms with Gasteiger partial charge in [-0.25, -0.2) is 14.8 Å². The van der Waals surface area contributed by atoms with Gasteiger partial charge in [0.15, 0.2) is 5.65 Å². The van der Waals surface area contributed by atoms with E-state index in [1.165, 1.54) is 13.2 Å². The van der Waals surface area contributed by atoms with Crippen molar-refractivity contribution in [1.29, 1.82) is 0 Å². The monoisotopic (exact) mass is 372 g/mol. The standard InChI is InChI=1S/C17H16ClN5O3/c1-3-19-17(25)23-14-5-4-11-16(22-14)21-12(8-20-11)9-6-10(18)15(24)13(7-9)26-2/h4-8,24H,3H2,1-2H3,(H2,19,21,22,23,25)/p-1. The molecule has 3 rings (SSSR count). The zero-order valence-corrected chi connectivity index (χ0v) is 14.8. The highest BCUT2D eigenvalue weighted by atomic mass is 35.5. The molecule has 2 aromatic heterocycles. The number of fused-ring (bicyclic) bond motifs is 1. The summed E-state index contributed by atoms with van der Waals surface area (Å²) in [6.07, 6.45) is 1.55. The third-order valence-electron chi connectivity index (χ3n) is 3.51. The highest BCUT2D eigenvalue weighted by molar-refractivity contribution is 6.32. The first kappa shape index (κ1) is 17.7. The maximum Gasteiger partial charge on any atom is 0.320 e. The number of pyridine rings is 1. The summed E-state index contributed by atoms with van der Waals surface area (Å²) in [4.78, 5) is 24.7. The van der Waals surface area contributed by atoms with E-state index < -0.39 is 5.75 Å². The molecule has 0 saturated heterocycles. The van der Waals surface area contributed by atoms with Crippen molar-refractivity contribution in [1.82, 2.24) is 20.3 Å². The number of hydrogen-bond acceptors (Lipinski definition) is 6. The van der Waals surface area contributed by atoms with Gasteiger partial charge < -0.3 is 15.2 Å². The van der Waals surface area contributed by atoms with Crippen molar-refractivity contribution in [3.63, 3.8) is 0 Å². The molecule has 0 aliphatic rings. The molecule has 8 nitrogen and oxygen atoms in total. The number of methoxy groups -OCH3 is 1. The van der Waals surface area contributed by atoms with Crippen molar-refractivity contribution in [2.24, 2.45) is 0 Å². The number of nitrogens with one attached hydrogen (secondary N) is 2. The molecule has 0 saturated carbocycles. The third kappa shape index (κ3) is 3.60. The lowest BCUT2D eigenvalue weighted by Gasteiger charge is -2.15. The van der Waals surface area contributed by atoms with Crippen LogP contribution in [-0.4, -0.2) is 34.6 Å². The van der Waals surface area contributed by atoms with Gasteiger partial charge in [-0.05, 0) is 36.9 Å². The number of benzene rings is 1. The van der Waals surface area contributed by atoms with Crippen LogP contribution < -0.4 is 20.5 Å². The van der Waals surface area contributed by atoms with Crippen molar-refractivity contribution in [3.8, 4) is 22.8 Å². The van der Waals surface area contributed by atoms with E-state index in [4.69, 9.17) is 16.3 Å². The van der Waals surface area contributed by atoms with Crippen LogP contribution >= 0.6 is 11.6 Å². The van der Waals surface area contributed by atoms with E-state index in [1.54, 1.807) is 24.4 Å². The Balaban J connectivity index is 2.00. The predicted octanol–water partition coefficient (Wildman–Crippen LogP) is 2.57.